The summed E-state index contributed by atoms with van der Waals surface area (Å²) in [5.74, 6) is 1.53. The number of rotatable bonds is 4. The van der Waals surface area contributed by atoms with Gasteiger partial charge in [-0.3, -0.25) is 4.79 Å². The van der Waals surface area contributed by atoms with E-state index in [1.165, 1.54) is 24.8 Å². The van der Waals surface area contributed by atoms with Gasteiger partial charge < -0.3 is 25.4 Å². The van der Waals surface area contributed by atoms with E-state index in [0.717, 1.165) is 61.7 Å². The third-order valence-corrected chi connectivity index (χ3v) is 6.66. The summed E-state index contributed by atoms with van der Waals surface area (Å²) in [6.45, 7) is 4.78. The number of aliphatic hydroxyl groups is 1. The van der Waals surface area contributed by atoms with E-state index in [2.05, 4.69) is 36.3 Å². The van der Waals surface area contributed by atoms with Crippen molar-refractivity contribution >= 4 is 40.9 Å². The van der Waals surface area contributed by atoms with Crippen molar-refractivity contribution in [2.75, 3.05) is 52.2 Å². The Morgan fingerprint density at radius 3 is 2.97 bits per heavy atom. The lowest BCUT2D eigenvalue weighted by molar-refractivity contribution is 0.102. The molecule has 8 nitrogen and oxygen atoms in total. The second kappa shape index (κ2) is 10.9. The van der Waals surface area contributed by atoms with Crippen molar-refractivity contribution in [3.63, 3.8) is 0 Å². The first-order valence-electron chi connectivity index (χ1n) is 11.4. The minimum absolute atomic E-state index is 0.127. The summed E-state index contributed by atoms with van der Waals surface area (Å²) in [6, 6.07) is 7.72. The largest absolute Gasteiger partial charge is 0.395 e. The van der Waals surface area contributed by atoms with Crippen LogP contribution < -0.4 is 20.3 Å². The summed E-state index contributed by atoms with van der Waals surface area (Å²) in [6.07, 6.45) is 5.82. The fourth-order valence-electron chi connectivity index (χ4n) is 4.37. The molecule has 1 amide bonds. The minimum atomic E-state index is -0.237. The third-order valence-electron chi connectivity index (χ3n) is 5.90. The van der Waals surface area contributed by atoms with Gasteiger partial charge in [0.15, 0.2) is 0 Å². The molecule has 2 aliphatic rings. The summed E-state index contributed by atoms with van der Waals surface area (Å²) in [7, 11) is 0. The Morgan fingerprint density at radius 2 is 2.09 bits per heavy atom. The smallest absolute Gasteiger partial charge is 0.274 e. The number of nitrogens with zero attached hydrogens (tertiary/aromatic N) is 3. The molecule has 2 aliphatic heterocycles. The monoisotopic (exact) mass is 456 g/mol. The van der Waals surface area contributed by atoms with Gasteiger partial charge in [0, 0.05) is 36.8 Å². The summed E-state index contributed by atoms with van der Waals surface area (Å²) >= 11 is 1.47. The number of piperidine rings is 1. The molecule has 0 saturated carbocycles. The van der Waals surface area contributed by atoms with E-state index < -0.39 is 0 Å². The maximum atomic E-state index is 13.1. The normalized spacial score (nSPS) is 19.1. The van der Waals surface area contributed by atoms with Crippen LogP contribution in [0.25, 0.3) is 0 Å². The molecule has 1 aromatic carbocycles. The predicted octanol–water partition coefficient (Wildman–Crippen LogP) is 3.90. The number of benzene rings is 1. The lowest BCUT2D eigenvalue weighted by atomic mass is 9.92. The van der Waals surface area contributed by atoms with Crippen molar-refractivity contribution in [1.29, 1.82) is 0 Å². The highest BCUT2D eigenvalue weighted by Crippen LogP contribution is 2.35. The van der Waals surface area contributed by atoms with Crippen LogP contribution in [0.2, 0.25) is 0 Å². The van der Waals surface area contributed by atoms with E-state index in [0.29, 0.717) is 23.3 Å². The summed E-state index contributed by atoms with van der Waals surface area (Å²) < 4.78 is 3.29. The van der Waals surface area contributed by atoms with E-state index in [1.54, 1.807) is 6.07 Å². The van der Waals surface area contributed by atoms with Crippen molar-refractivity contribution < 1.29 is 9.90 Å². The molecule has 3 heterocycles. The van der Waals surface area contributed by atoms with Crippen LogP contribution in [-0.4, -0.2) is 53.0 Å². The summed E-state index contributed by atoms with van der Waals surface area (Å²) in [5.41, 5.74) is 3.89. The average molecular weight is 457 g/mol. The van der Waals surface area contributed by atoms with Crippen LogP contribution in [0.1, 0.15) is 48.3 Å². The van der Waals surface area contributed by atoms with Crippen LogP contribution in [0, 0.1) is 12.8 Å². The Labute approximate surface area is 193 Å². The Bertz CT molecular complexity index is 941. The van der Waals surface area contributed by atoms with Crippen LogP contribution in [0.3, 0.4) is 0 Å². The highest BCUT2D eigenvalue weighted by Gasteiger charge is 2.23. The molecule has 1 atom stereocenters. The number of fused-ring (bicyclic) bond motifs is 6. The molecule has 0 spiro atoms. The molecule has 172 valence electrons. The van der Waals surface area contributed by atoms with Gasteiger partial charge in [0.1, 0.15) is 5.69 Å². The quantitative estimate of drug-likeness (QED) is 0.406. The van der Waals surface area contributed by atoms with Crippen LogP contribution >= 0.6 is 11.9 Å². The molecule has 4 rings (SSSR count). The third kappa shape index (κ3) is 5.83. The van der Waals surface area contributed by atoms with E-state index in [4.69, 9.17) is 5.11 Å². The molecule has 0 aliphatic carbocycles. The highest BCUT2D eigenvalue weighted by molar-refractivity contribution is 8.00. The van der Waals surface area contributed by atoms with Gasteiger partial charge in [-0.1, -0.05) is 18.4 Å². The van der Waals surface area contributed by atoms with Gasteiger partial charge in [-0.2, -0.15) is 0 Å². The molecule has 4 bridgehead atoms. The molecule has 4 N–H and O–H groups in total. The van der Waals surface area contributed by atoms with Gasteiger partial charge in [0.05, 0.1) is 18.0 Å². The van der Waals surface area contributed by atoms with Crippen molar-refractivity contribution in [2.24, 2.45) is 5.92 Å². The number of amides is 1. The molecule has 1 aromatic heterocycles. The Morgan fingerprint density at radius 1 is 1.22 bits per heavy atom. The zero-order valence-electron chi connectivity index (χ0n) is 18.6. The molecular weight excluding hydrogens is 424 g/mol. The first-order chi connectivity index (χ1) is 15.6. The molecule has 1 unspecified atom stereocenters. The second-order valence-electron chi connectivity index (χ2n) is 8.46. The maximum absolute atomic E-state index is 13.1. The number of carbonyl (C=O) groups is 1. The number of nitrogens with one attached hydrogen (secondary N) is 3. The predicted molar refractivity (Wildman–Crippen MR) is 132 cm³/mol. The molecular formula is C23H32N6O2S. The minimum Gasteiger partial charge on any atom is -0.395 e. The lowest BCUT2D eigenvalue weighted by Crippen LogP contribution is -2.36. The zero-order valence-corrected chi connectivity index (χ0v) is 19.4. The highest BCUT2D eigenvalue weighted by atomic mass is 32.2. The molecule has 1 fully saturated rings. The molecule has 32 heavy (non-hydrogen) atoms. The van der Waals surface area contributed by atoms with E-state index >= 15 is 0 Å². The summed E-state index contributed by atoms with van der Waals surface area (Å²) in [5, 5.41) is 15.4. The Kier molecular flexibility index (Phi) is 7.70. The number of anilines is 4. The van der Waals surface area contributed by atoms with Gasteiger partial charge in [-0.15, -0.1) is 0 Å². The molecule has 2 aromatic rings. The zero-order chi connectivity index (χ0) is 22.3. The van der Waals surface area contributed by atoms with Gasteiger partial charge in [0.2, 0.25) is 5.95 Å². The van der Waals surface area contributed by atoms with Gasteiger partial charge in [0.25, 0.3) is 5.91 Å². The van der Waals surface area contributed by atoms with Gasteiger partial charge >= 0.3 is 0 Å². The van der Waals surface area contributed by atoms with Crippen LogP contribution in [0.4, 0.5) is 23.0 Å². The van der Waals surface area contributed by atoms with E-state index in [-0.39, 0.29) is 12.5 Å². The van der Waals surface area contributed by atoms with E-state index in [9.17, 15) is 4.79 Å². The SMILES string of the molecule is Cc1cc2nc(n1)NCCCCC1CCCN(C1)c1cc(NSCCO)ccc1NC2=O. The second-order valence-corrected chi connectivity index (χ2v) is 9.36. The number of aromatic nitrogens is 2. The number of aryl methyl sites for hydroxylation is 1. The number of carbonyl (C=O) groups excluding carboxylic acids is 1. The fourth-order valence-corrected chi connectivity index (χ4v) is 4.86. The van der Waals surface area contributed by atoms with Crippen LogP contribution in [0.5, 0.6) is 0 Å². The average Bonchev–Trinajstić information content (AvgIpc) is 2.79. The molecule has 9 heteroatoms. The lowest BCUT2D eigenvalue weighted by Gasteiger charge is -2.36. The standard InChI is InChI=1S/C23H32N6O2S/c1-16-13-20-22(31)26-19-8-7-18(28-32-12-11-30)14-21(19)29-10-4-6-17(15-29)5-2-3-9-24-23(25-16)27-20/h7-8,13-14,17,28,30H,2-6,9-12,15H2,1H3,(H,26,31)(H,24,25,27). The Balaban J connectivity index is 1.66. The van der Waals surface area contributed by atoms with Crippen molar-refractivity contribution in [1.82, 2.24) is 9.97 Å². The first-order valence-corrected chi connectivity index (χ1v) is 12.4. The van der Waals surface area contributed by atoms with Crippen molar-refractivity contribution in [3.8, 4) is 0 Å². The van der Waals surface area contributed by atoms with E-state index in [1.807, 2.05) is 19.1 Å². The van der Waals surface area contributed by atoms with Crippen molar-refractivity contribution in [2.45, 2.75) is 39.0 Å². The Hall–Kier alpha value is -2.52. The van der Waals surface area contributed by atoms with Crippen LogP contribution in [-0.2, 0) is 0 Å². The topological polar surface area (TPSA) is 102 Å². The van der Waals surface area contributed by atoms with Crippen molar-refractivity contribution in [3.05, 3.63) is 35.7 Å². The number of aliphatic hydroxyl groups excluding tert-OH is 1. The molecule has 1 saturated heterocycles. The first kappa shape index (κ1) is 22.7. The molecule has 0 radical (unpaired) electrons. The van der Waals surface area contributed by atoms with Gasteiger partial charge in [-0.25, -0.2) is 9.97 Å². The fraction of sp³-hybridized carbons (Fsp3) is 0.522. The number of hydrogen-bond acceptors (Lipinski definition) is 8. The van der Waals surface area contributed by atoms with Crippen LogP contribution in [0.15, 0.2) is 24.3 Å². The summed E-state index contributed by atoms with van der Waals surface area (Å²) in [4.78, 5) is 24.4. The maximum Gasteiger partial charge on any atom is 0.274 e. The van der Waals surface area contributed by atoms with Gasteiger partial charge in [-0.05, 0) is 62.8 Å². The number of hydrogen-bond donors (Lipinski definition) is 4.